The van der Waals surface area contributed by atoms with E-state index in [-0.39, 0.29) is 27.5 Å². The normalized spacial score (nSPS) is 19.1. The first kappa shape index (κ1) is 15.6. The van der Waals surface area contributed by atoms with Crippen molar-refractivity contribution in [1.29, 1.82) is 0 Å². The molecule has 2 rings (SSSR count). The van der Waals surface area contributed by atoms with E-state index >= 15 is 0 Å². The van der Waals surface area contributed by atoms with E-state index in [1.54, 1.807) is 18.2 Å². The first-order valence-electron chi connectivity index (χ1n) is 7.40. The van der Waals surface area contributed by atoms with Crippen LogP contribution in [0.15, 0.2) is 18.2 Å². The van der Waals surface area contributed by atoms with E-state index in [4.69, 9.17) is 4.74 Å². The third kappa shape index (κ3) is 2.57. The fraction of sp³-hybridized carbons (Fsp3) is 0.625. The summed E-state index contributed by atoms with van der Waals surface area (Å²) in [5.74, 6) is 0.336. The van der Waals surface area contributed by atoms with Crippen molar-refractivity contribution in [2.45, 2.75) is 47.1 Å². The average molecular weight is 292 g/mol. The van der Waals surface area contributed by atoms with E-state index in [0.717, 1.165) is 6.42 Å². The lowest BCUT2D eigenvalue weighted by Gasteiger charge is -2.12. The molecule has 21 heavy (non-hydrogen) atoms. The SMILES string of the molecule is CCCOc1cccc(NC2C(C)(C)C2(C)C)c1[N+](=O)[O-]. The van der Waals surface area contributed by atoms with E-state index in [2.05, 4.69) is 33.0 Å². The fourth-order valence-corrected chi connectivity index (χ4v) is 2.87. The van der Waals surface area contributed by atoms with Gasteiger partial charge in [0.15, 0.2) is 5.75 Å². The molecular formula is C16H24N2O3. The van der Waals surface area contributed by atoms with E-state index in [1.807, 2.05) is 6.92 Å². The van der Waals surface area contributed by atoms with Crippen molar-refractivity contribution in [2.24, 2.45) is 10.8 Å². The summed E-state index contributed by atoms with van der Waals surface area (Å²) in [6, 6.07) is 5.41. The minimum atomic E-state index is -0.365. The van der Waals surface area contributed by atoms with Crippen LogP contribution < -0.4 is 10.1 Å². The summed E-state index contributed by atoms with van der Waals surface area (Å²) in [5.41, 5.74) is 0.796. The van der Waals surface area contributed by atoms with Crippen molar-refractivity contribution in [3.05, 3.63) is 28.3 Å². The summed E-state index contributed by atoms with van der Waals surface area (Å²) in [5, 5.41) is 14.8. The standard InChI is InChI=1S/C16H24N2O3/c1-6-10-21-12-9-7-8-11(13(12)18(19)20)17-14-15(2,3)16(14,4)5/h7-9,14,17H,6,10H2,1-5H3. The second-order valence-corrected chi connectivity index (χ2v) is 6.78. The largest absolute Gasteiger partial charge is 0.487 e. The number of nitro groups is 1. The van der Waals surface area contributed by atoms with Crippen molar-refractivity contribution >= 4 is 11.4 Å². The van der Waals surface area contributed by atoms with Gasteiger partial charge in [-0.15, -0.1) is 0 Å². The van der Waals surface area contributed by atoms with Gasteiger partial charge in [-0.1, -0.05) is 40.7 Å². The van der Waals surface area contributed by atoms with Crippen LogP contribution in [0.5, 0.6) is 5.75 Å². The maximum absolute atomic E-state index is 11.4. The van der Waals surface area contributed by atoms with Gasteiger partial charge in [-0.2, -0.15) is 0 Å². The van der Waals surface area contributed by atoms with E-state index in [0.29, 0.717) is 18.0 Å². The second kappa shape index (κ2) is 5.20. The predicted octanol–water partition coefficient (Wildman–Crippen LogP) is 4.23. The summed E-state index contributed by atoms with van der Waals surface area (Å²) >= 11 is 0. The zero-order chi connectivity index (χ0) is 15.8. The number of benzene rings is 1. The molecule has 1 fully saturated rings. The van der Waals surface area contributed by atoms with Crippen LogP contribution >= 0.6 is 0 Å². The maximum Gasteiger partial charge on any atom is 0.333 e. The van der Waals surface area contributed by atoms with E-state index in [1.165, 1.54) is 0 Å². The Labute approximate surface area is 125 Å². The van der Waals surface area contributed by atoms with Crippen molar-refractivity contribution in [3.8, 4) is 5.75 Å². The van der Waals surface area contributed by atoms with Gasteiger partial charge in [0.1, 0.15) is 5.69 Å². The average Bonchev–Trinajstić information content (AvgIpc) is 2.78. The van der Waals surface area contributed by atoms with Gasteiger partial charge in [-0.3, -0.25) is 10.1 Å². The van der Waals surface area contributed by atoms with Crippen LogP contribution in [0.2, 0.25) is 0 Å². The zero-order valence-electron chi connectivity index (χ0n) is 13.4. The van der Waals surface area contributed by atoms with Crippen LogP contribution in [0.1, 0.15) is 41.0 Å². The lowest BCUT2D eigenvalue weighted by molar-refractivity contribution is -0.385. The van der Waals surface area contributed by atoms with Crippen molar-refractivity contribution in [1.82, 2.24) is 0 Å². The monoisotopic (exact) mass is 292 g/mol. The number of ether oxygens (including phenoxy) is 1. The topological polar surface area (TPSA) is 64.4 Å². The van der Waals surface area contributed by atoms with Gasteiger partial charge in [0.2, 0.25) is 0 Å². The molecule has 0 spiro atoms. The Morgan fingerprint density at radius 2 is 1.90 bits per heavy atom. The van der Waals surface area contributed by atoms with E-state index in [9.17, 15) is 10.1 Å². The van der Waals surface area contributed by atoms with Crippen LogP contribution in [0, 0.1) is 20.9 Å². The van der Waals surface area contributed by atoms with Crippen LogP contribution in [0.25, 0.3) is 0 Å². The Morgan fingerprint density at radius 1 is 1.29 bits per heavy atom. The molecule has 0 radical (unpaired) electrons. The van der Waals surface area contributed by atoms with Crippen LogP contribution in [-0.2, 0) is 0 Å². The lowest BCUT2D eigenvalue weighted by atomic mass is 10.0. The van der Waals surface area contributed by atoms with Crippen LogP contribution in [0.4, 0.5) is 11.4 Å². The smallest absolute Gasteiger partial charge is 0.333 e. The Morgan fingerprint density at radius 3 is 2.38 bits per heavy atom. The van der Waals surface area contributed by atoms with E-state index < -0.39 is 0 Å². The molecule has 0 aliphatic heterocycles. The Kier molecular flexibility index (Phi) is 3.87. The molecule has 0 aromatic heterocycles. The highest BCUT2D eigenvalue weighted by atomic mass is 16.6. The Hall–Kier alpha value is -1.78. The maximum atomic E-state index is 11.4. The van der Waals surface area contributed by atoms with Crippen molar-refractivity contribution in [3.63, 3.8) is 0 Å². The van der Waals surface area contributed by atoms with Crippen molar-refractivity contribution in [2.75, 3.05) is 11.9 Å². The quantitative estimate of drug-likeness (QED) is 0.629. The van der Waals surface area contributed by atoms with Gasteiger partial charge in [-0.05, 0) is 29.4 Å². The lowest BCUT2D eigenvalue weighted by Crippen LogP contribution is -2.12. The highest BCUT2D eigenvalue weighted by Crippen LogP contribution is 2.64. The minimum absolute atomic E-state index is 0.0319. The molecule has 1 aliphatic carbocycles. The summed E-state index contributed by atoms with van der Waals surface area (Å²) in [6.07, 6.45) is 0.817. The molecule has 1 aromatic rings. The number of rotatable bonds is 6. The molecule has 0 unspecified atom stereocenters. The molecule has 0 bridgehead atoms. The van der Waals surface area contributed by atoms with Crippen molar-refractivity contribution < 1.29 is 9.66 Å². The van der Waals surface area contributed by atoms with Crippen LogP contribution in [0.3, 0.4) is 0 Å². The summed E-state index contributed by atoms with van der Waals surface area (Å²) < 4.78 is 5.51. The molecule has 116 valence electrons. The number of nitrogens with one attached hydrogen (secondary N) is 1. The van der Waals surface area contributed by atoms with Crippen LogP contribution in [-0.4, -0.2) is 17.6 Å². The second-order valence-electron chi connectivity index (χ2n) is 6.78. The number of hydrogen-bond acceptors (Lipinski definition) is 4. The highest BCUT2D eigenvalue weighted by Gasteiger charge is 2.65. The predicted molar refractivity (Wildman–Crippen MR) is 83.9 cm³/mol. The van der Waals surface area contributed by atoms with Gasteiger partial charge in [0, 0.05) is 6.04 Å². The third-order valence-corrected chi connectivity index (χ3v) is 4.96. The first-order valence-corrected chi connectivity index (χ1v) is 7.40. The van der Waals surface area contributed by atoms with Gasteiger partial charge >= 0.3 is 5.69 Å². The molecule has 5 heteroatoms. The molecule has 0 saturated heterocycles. The molecule has 1 aliphatic rings. The number of para-hydroxylation sites is 1. The molecule has 1 aromatic carbocycles. The Balaban J connectivity index is 2.30. The number of nitro benzene ring substituents is 1. The Bertz CT molecular complexity index is 538. The van der Waals surface area contributed by atoms with Gasteiger partial charge in [-0.25, -0.2) is 0 Å². The minimum Gasteiger partial charge on any atom is -0.487 e. The molecule has 1 N–H and O–H groups in total. The third-order valence-electron chi connectivity index (χ3n) is 4.96. The molecule has 0 atom stereocenters. The molecule has 0 amide bonds. The van der Waals surface area contributed by atoms with Gasteiger partial charge < -0.3 is 10.1 Å². The highest BCUT2D eigenvalue weighted by molar-refractivity contribution is 5.69. The summed E-state index contributed by atoms with van der Waals surface area (Å²) in [6.45, 7) is 11.2. The van der Waals surface area contributed by atoms with Gasteiger partial charge in [0.05, 0.1) is 11.5 Å². The molecule has 1 saturated carbocycles. The molecule has 0 heterocycles. The zero-order valence-corrected chi connectivity index (χ0v) is 13.4. The molecule has 5 nitrogen and oxygen atoms in total. The number of anilines is 1. The van der Waals surface area contributed by atoms with Gasteiger partial charge in [0.25, 0.3) is 0 Å². The fourth-order valence-electron chi connectivity index (χ4n) is 2.87. The molecular weight excluding hydrogens is 268 g/mol. The first-order chi connectivity index (χ1) is 9.73. The summed E-state index contributed by atoms with van der Waals surface area (Å²) in [4.78, 5) is 11.1. The summed E-state index contributed by atoms with van der Waals surface area (Å²) in [7, 11) is 0. The number of nitrogens with zero attached hydrogens (tertiary/aromatic N) is 1. The number of hydrogen-bond donors (Lipinski definition) is 1.